The van der Waals surface area contributed by atoms with Crippen LogP contribution in [0.3, 0.4) is 0 Å². The van der Waals surface area contributed by atoms with E-state index in [0.29, 0.717) is 5.56 Å². The van der Waals surface area contributed by atoms with E-state index in [1.165, 1.54) is 6.33 Å². The van der Waals surface area contributed by atoms with Crippen LogP contribution in [0.4, 0.5) is 11.4 Å². The van der Waals surface area contributed by atoms with Crippen LogP contribution in [0.15, 0.2) is 53.8 Å². The number of nitrogens with zero attached hydrogens (tertiary/aromatic N) is 6. The van der Waals surface area contributed by atoms with E-state index in [2.05, 4.69) is 39.3 Å². The van der Waals surface area contributed by atoms with Crippen molar-refractivity contribution in [3.8, 4) is 11.4 Å². The number of aliphatic imine (C=N–C) groups is 1. The molecule has 0 unspecified atom stereocenters. The van der Waals surface area contributed by atoms with Crippen molar-refractivity contribution < 1.29 is 5.11 Å². The minimum atomic E-state index is 0.221. The van der Waals surface area contributed by atoms with Crippen molar-refractivity contribution in [2.75, 3.05) is 18.0 Å². The molecule has 0 spiro atoms. The Kier molecular flexibility index (Phi) is 5.03. The second-order valence-corrected chi connectivity index (χ2v) is 5.44. The van der Waals surface area contributed by atoms with Gasteiger partial charge < -0.3 is 10.0 Å². The lowest BCUT2D eigenvalue weighted by Gasteiger charge is -2.21. The van der Waals surface area contributed by atoms with Gasteiger partial charge in [0, 0.05) is 36.6 Å². The van der Waals surface area contributed by atoms with E-state index < -0.39 is 0 Å². The Labute approximate surface area is 146 Å². The number of rotatable bonds is 6. The molecular formula is C18H20N6O. The minimum Gasteiger partial charge on any atom is -0.507 e. The molecule has 0 aliphatic rings. The molecule has 0 aliphatic heterocycles. The Morgan fingerprint density at radius 1 is 1.12 bits per heavy atom. The van der Waals surface area contributed by atoms with Crippen LogP contribution < -0.4 is 4.90 Å². The molecule has 7 heteroatoms. The maximum absolute atomic E-state index is 10.2. The number of aromatic hydroxyl groups is 1. The highest BCUT2D eigenvalue weighted by atomic mass is 16.3. The first-order valence-corrected chi connectivity index (χ1v) is 8.16. The largest absolute Gasteiger partial charge is 0.507 e. The summed E-state index contributed by atoms with van der Waals surface area (Å²) in [7, 11) is 0. The first-order valence-electron chi connectivity index (χ1n) is 8.16. The smallest absolute Gasteiger partial charge is 0.143 e. The number of benzene rings is 2. The van der Waals surface area contributed by atoms with E-state index in [4.69, 9.17) is 0 Å². The summed E-state index contributed by atoms with van der Waals surface area (Å²) >= 11 is 0. The monoisotopic (exact) mass is 336 g/mol. The van der Waals surface area contributed by atoms with Gasteiger partial charge in [-0.3, -0.25) is 4.99 Å². The second kappa shape index (κ2) is 7.57. The highest BCUT2D eigenvalue weighted by Gasteiger charge is 2.05. The maximum Gasteiger partial charge on any atom is 0.143 e. The van der Waals surface area contributed by atoms with Crippen molar-refractivity contribution in [1.29, 1.82) is 0 Å². The summed E-state index contributed by atoms with van der Waals surface area (Å²) in [5, 5.41) is 21.3. The molecule has 0 radical (unpaired) electrons. The average Bonchev–Trinajstić information content (AvgIpc) is 3.17. The molecule has 3 rings (SSSR count). The summed E-state index contributed by atoms with van der Waals surface area (Å²) < 4.78 is 1.57. The molecular weight excluding hydrogens is 316 g/mol. The number of phenolic OH excluding ortho intramolecular Hbond substituents is 1. The van der Waals surface area contributed by atoms with Crippen molar-refractivity contribution in [2.45, 2.75) is 13.8 Å². The number of aromatic nitrogens is 4. The summed E-state index contributed by atoms with van der Waals surface area (Å²) in [6.45, 7) is 5.98. The van der Waals surface area contributed by atoms with Crippen molar-refractivity contribution in [3.05, 3.63) is 54.4 Å². The van der Waals surface area contributed by atoms with E-state index in [1.807, 2.05) is 36.4 Å². The number of anilines is 1. The zero-order valence-electron chi connectivity index (χ0n) is 14.2. The fourth-order valence-electron chi connectivity index (χ4n) is 2.54. The molecule has 0 amide bonds. The van der Waals surface area contributed by atoms with Crippen LogP contribution in [-0.4, -0.2) is 44.6 Å². The first kappa shape index (κ1) is 16.6. The molecule has 0 atom stereocenters. The minimum absolute atomic E-state index is 0.221. The zero-order chi connectivity index (χ0) is 17.6. The third-order valence-electron chi connectivity index (χ3n) is 3.96. The lowest BCUT2D eigenvalue weighted by atomic mass is 10.2. The standard InChI is InChI=1S/C18H20N6O/c1-3-23(4-2)17-8-5-14(18(25)11-17)12-19-15-6-9-16(10-7-15)24-13-20-21-22-24/h5-13,25H,3-4H2,1-2H3. The summed E-state index contributed by atoms with van der Waals surface area (Å²) in [5.41, 5.74) is 3.32. The van der Waals surface area contributed by atoms with Crippen LogP contribution in [-0.2, 0) is 0 Å². The number of hydrogen-bond donors (Lipinski definition) is 1. The lowest BCUT2D eigenvalue weighted by Crippen LogP contribution is -2.21. The van der Waals surface area contributed by atoms with Crippen LogP contribution in [0.5, 0.6) is 5.75 Å². The van der Waals surface area contributed by atoms with Crippen molar-refractivity contribution >= 4 is 17.6 Å². The summed E-state index contributed by atoms with van der Waals surface area (Å²) in [6, 6.07) is 13.1. The van der Waals surface area contributed by atoms with Gasteiger partial charge in [-0.15, -0.1) is 5.10 Å². The number of tetrazole rings is 1. The van der Waals surface area contributed by atoms with Crippen molar-refractivity contribution in [3.63, 3.8) is 0 Å². The molecule has 0 saturated heterocycles. The fraction of sp³-hybridized carbons (Fsp3) is 0.222. The fourth-order valence-corrected chi connectivity index (χ4v) is 2.54. The predicted octanol–water partition coefficient (Wildman–Crippen LogP) is 2.96. The highest BCUT2D eigenvalue weighted by molar-refractivity contribution is 5.86. The molecule has 1 heterocycles. The molecule has 0 saturated carbocycles. The molecule has 1 aromatic heterocycles. The summed E-state index contributed by atoms with van der Waals surface area (Å²) in [4.78, 5) is 6.59. The molecule has 25 heavy (non-hydrogen) atoms. The van der Waals surface area contributed by atoms with Gasteiger partial charge in [0.2, 0.25) is 0 Å². The quantitative estimate of drug-likeness (QED) is 0.700. The van der Waals surface area contributed by atoms with Crippen LogP contribution in [0, 0.1) is 0 Å². The van der Waals surface area contributed by atoms with Gasteiger partial charge in [0.05, 0.1) is 11.4 Å². The zero-order valence-corrected chi connectivity index (χ0v) is 14.2. The number of phenols is 1. The molecule has 0 bridgehead atoms. The van der Waals surface area contributed by atoms with Crippen LogP contribution in [0.25, 0.3) is 5.69 Å². The van der Waals surface area contributed by atoms with Gasteiger partial charge in [0.25, 0.3) is 0 Å². The third kappa shape index (κ3) is 3.82. The van der Waals surface area contributed by atoms with Gasteiger partial charge in [-0.1, -0.05) is 0 Å². The third-order valence-corrected chi connectivity index (χ3v) is 3.96. The van der Waals surface area contributed by atoms with Crippen molar-refractivity contribution in [2.24, 2.45) is 4.99 Å². The molecule has 7 nitrogen and oxygen atoms in total. The van der Waals surface area contributed by atoms with Gasteiger partial charge in [0.15, 0.2) is 0 Å². The van der Waals surface area contributed by atoms with Crippen LogP contribution in [0.2, 0.25) is 0 Å². The van der Waals surface area contributed by atoms with E-state index in [0.717, 1.165) is 30.2 Å². The van der Waals surface area contributed by atoms with Crippen LogP contribution >= 0.6 is 0 Å². The van der Waals surface area contributed by atoms with E-state index in [9.17, 15) is 5.11 Å². The Balaban J connectivity index is 1.75. The average molecular weight is 336 g/mol. The van der Waals surface area contributed by atoms with Gasteiger partial charge in [-0.05, 0) is 60.7 Å². The highest BCUT2D eigenvalue weighted by Crippen LogP contribution is 2.24. The number of hydrogen-bond acceptors (Lipinski definition) is 6. The molecule has 0 fully saturated rings. The molecule has 2 aromatic carbocycles. The SMILES string of the molecule is CCN(CC)c1ccc(C=Nc2ccc(-n3cnnn3)cc2)c(O)c1. The van der Waals surface area contributed by atoms with Gasteiger partial charge in [-0.25, -0.2) is 4.68 Å². The van der Waals surface area contributed by atoms with Crippen molar-refractivity contribution in [1.82, 2.24) is 20.2 Å². The first-order chi connectivity index (χ1) is 12.2. The summed E-state index contributed by atoms with van der Waals surface area (Å²) in [5.74, 6) is 0.221. The topological polar surface area (TPSA) is 79.4 Å². The van der Waals surface area contributed by atoms with Crippen LogP contribution in [0.1, 0.15) is 19.4 Å². The predicted molar refractivity (Wildman–Crippen MR) is 98.1 cm³/mol. The molecule has 1 N–H and O–H groups in total. The van der Waals surface area contributed by atoms with Gasteiger partial charge >= 0.3 is 0 Å². The maximum atomic E-state index is 10.2. The van der Waals surface area contributed by atoms with Gasteiger partial charge in [0.1, 0.15) is 12.1 Å². The summed E-state index contributed by atoms with van der Waals surface area (Å²) in [6.07, 6.45) is 3.20. The van der Waals surface area contributed by atoms with E-state index in [-0.39, 0.29) is 5.75 Å². The molecule has 3 aromatic rings. The Morgan fingerprint density at radius 2 is 1.88 bits per heavy atom. The van der Waals surface area contributed by atoms with E-state index >= 15 is 0 Å². The Morgan fingerprint density at radius 3 is 2.48 bits per heavy atom. The molecule has 128 valence electrons. The Hall–Kier alpha value is -3.22. The van der Waals surface area contributed by atoms with Gasteiger partial charge in [-0.2, -0.15) is 0 Å². The van der Waals surface area contributed by atoms with E-state index in [1.54, 1.807) is 17.0 Å². The normalized spacial score (nSPS) is 11.1. The molecule has 0 aliphatic carbocycles. The lowest BCUT2D eigenvalue weighted by molar-refractivity contribution is 0.474. The Bertz CT molecular complexity index is 839. The second-order valence-electron chi connectivity index (χ2n) is 5.44.